The molecule has 0 spiro atoms. The first-order valence-electron chi connectivity index (χ1n) is 14.8. The molecule has 0 unspecified atom stereocenters. The Bertz CT molecular complexity index is 344. The van der Waals surface area contributed by atoms with Crippen molar-refractivity contribution in [3.05, 3.63) is 0 Å². The van der Waals surface area contributed by atoms with Crippen molar-refractivity contribution in [3.8, 4) is 0 Å². The molecule has 0 aromatic carbocycles. The molecule has 32 heavy (non-hydrogen) atoms. The highest BCUT2D eigenvalue weighted by molar-refractivity contribution is 6.67. The van der Waals surface area contributed by atoms with Gasteiger partial charge in [-0.1, -0.05) is 162 Å². The Morgan fingerprint density at radius 2 is 0.562 bits per heavy atom. The van der Waals surface area contributed by atoms with Gasteiger partial charge in [0, 0.05) is 14.2 Å². The van der Waals surface area contributed by atoms with E-state index in [0.717, 1.165) is 0 Å². The van der Waals surface area contributed by atoms with E-state index in [1.165, 1.54) is 160 Å². The van der Waals surface area contributed by atoms with Crippen LogP contribution in [0.1, 0.15) is 162 Å². The van der Waals surface area contributed by atoms with Crippen molar-refractivity contribution < 1.29 is 8.85 Å². The zero-order valence-corrected chi connectivity index (χ0v) is 24.0. The second-order valence-corrected chi connectivity index (χ2v) is 13.9. The van der Waals surface area contributed by atoms with Crippen molar-refractivity contribution in [1.82, 2.24) is 0 Å². The molecule has 0 saturated carbocycles. The highest BCUT2D eigenvalue weighted by Gasteiger charge is 2.33. The van der Waals surface area contributed by atoms with Gasteiger partial charge in [-0.2, -0.15) is 0 Å². The smallest absolute Gasteiger partial charge is 0.337 e. The Morgan fingerprint density at radius 1 is 0.344 bits per heavy atom. The van der Waals surface area contributed by atoms with E-state index in [9.17, 15) is 0 Å². The number of rotatable bonds is 27. The second kappa shape index (κ2) is 25.8. The maximum absolute atomic E-state index is 5.94. The molecule has 0 aliphatic rings. The Hall–Kier alpha value is 0.137. The Labute approximate surface area is 205 Å². The van der Waals surface area contributed by atoms with Gasteiger partial charge in [0.15, 0.2) is 0 Å². The van der Waals surface area contributed by atoms with Gasteiger partial charge < -0.3 is 8.85 Å². The average Bonchev–Trinajstić information content (AvgIpc) is 2.82. The van der Waals surface area contributed by atoms with E-state index >= 15 is 0 Å². The third kappa shape index (κ3) is 20.7. The summed E-state index contributed by atoms with van der Waals surface area (Å²) in [6.45, 7) is 4.58. The van der Waals surface area contributed by atoms with Gasteiger partial charge in [0.25, 0.3) is 0 Å². The molecule has 0 bridgehead atoms. The highest BCUT2D eigenvalue weighted by atomic mass is 28.4. The fourth-order valence-electron chi connectivity index (χ4n) is 4.91. The van der Waals surface area contributed by atoms with Gasteiger partial charge in [0.05, 0.1) is 0 Å². The second-order valence-electron chi connectivity index (χ2n) is 10.2. The van der Waals surface area contributed by atoms with Crippen LogP contribution in [0, 0.1) is 0 Å². The van der Waals surface area contributed by atoms with Gasteiger partial charge in [0.2, 0.25) is 0 Å². The minimum Gasteiger partial charge on any atom is -0.398 e. The van der Waals surface area contributed by atoms with Gasteiger partial charge in [-0.3, -0.25) is 0 Å². The van der Waals surface area contributed by atoms with Crippen molar-refractivity contribution in [2.75, 3.05) is 14.2 Å². The van der Waals surface area contributed by atoms with Crippen LogP contribution in [0.2, 0.25) is 12.1 Å². The van der Waals surface area contributed by atoms with Crippen molar-refractivity contribution in [2.24, 2.45) is 0 Å². The normalized spacial score (nSPS) is 12.0. The minimum atomic E-state index is -1.91. The molecule has 0 atom stereocenters. The third-order valence-electron chi connectivity index (χ3n) is 7.32. The van der Waals surface area contributed by atoms with E-state index in [1.807, 2.05) is 14.2 Å². The maximum Gasteiger partial charge on any atom is 0.337 e. The van der Waals surface area contributed by atoms with Crippen molar-refractivity contribution in [2.45, 2.75) is 174 Å². The number of hydrogen-bond acceptors (Lipinski definition) is 2. The molecular weight excluding hydrogens is 408 g/mol. The lowest BCUT2D eigenvalue weighted by Crippen LogP contribution is -2.39. The van der Waals surface area contributed by atoms with Gasteiger partial charge in [-0.25, -0.2) is 0 Å². The van der Waals surface area contributed by atoms with Gasteiger partial charge in [-0.05, 0) is 12.1 Å². The van der Waals surface area contributed by atoms with E-state index in [0.29, 0.717) is 0 Å². The van der Waals surface area contributed by atoms with Crippen LogP contribution >= 0.6 is 0 Å². The summed E-state index contributed by atoms with van der Waals surface area (Å²) in [7, 11) is 1.86. The lowest BCUT2D eigenvalue weighted by Gasteiger charge is -2.27. The van der Waals surface area contributed by atoms with Crippen molar-refractivity contribution in [3.63, 3.8) is 0 Å². The standard InChI is InChI=1S/C29H62O2Si/c1-5-7-9-11-12-13-14-15-16-17-18-19-20-21-22-23-25-27-29-32(30-3,31-4)28-26-24-10-8-6-2/h5-29H2,1-4H3. The number of unbranched alkanes of at least 4 members (excludes halogenated alkanes) is 21. The molecule has 0 aliphatic heterocycles. The molecule has 2 nitrogen and oxygen atoms in total. The Morgan fingerprint density at radius 3 is 0.781 bits per heavy atom. The van der Waals surface area contributed by atoms with Gasteiger partial charge >= 0.3 is 8.56 Å². The molecule has 0 aromatic heterocycles. The molecule has 0 N–H and O–H groups in total. The Kier molecular flexibility index (Phi) is 25.9. The summed E-state index contributed by atoms with van der Waals surface area (Å²) in [6, 6.07) is 2.37. The Balaban J connectivity index is 3.42. The van der Waals surface area contributed by atoms with Gasteiger partial charge in [-0.15, -0.1) is 0 Å². The highest BCUT2D eigenvalue weighted by Crippen LogP contribution is 2.25. The fourth-order valence-corrected chi connectivity index (χ4v) is 7.72. The topological polar surface area (TPSA) is 18.5 Å². The third-order valence-corrected chi connectivity index (χ3v) is 11.0. The van der Waals surface area contributed by atoms with E-state index < -0.39 is 8.56 Å². The average molecular weight is 471 g/mol. The summed E-state index contributed by atoms with van der Waals surface area (Å²) in [4.78, 5) is 0. The van der Waals surface area contributed by atoms with Crippen LogP contribution in [0.25, 0.3) is 0 Å². The van der Waals surface area contributed by atoms with Crippen molar-refractivity contribution >= 4 is 8.56 Å². The van der Waals surface area contributed by atoms with E-state index in [4.69, 9.17) is 8.85 Å². The van der Waals surface area contributed by atoms with Crippen LogP contribution in [0.4, 0.5) is 0 Å². The molecule has 0 saturated heterocycles. The monoisotopic (exact) mass is 470 g/mol. The summed E-state index contributed by atoms with van der Waals surface area (Å²) in [5, 5.41) is 0. The molecule has 3 heteroatoms. The predicted molar refractivity (Wildman–Crippen MR) is 147 cm³/mol. The molecule has 0 aliphatic carbocycles. The van der Waals surface area contributed by atoms with Gasteiger partial charge in [0.1, 0.15) is 0 Å². The minimum absolute atomic E-state index is 1.18. The zero-order valence-electron chi connectivity index (χ0n) is 23.0. The molecule has 0 amide bonds. The van der Waals surface area contributed by atoms with Crippen LogP contribution < -0.4 is 0 Å². The largest absolute Gasteiger partial charge is 0.398 e. The van der Waals surface area contributed by atoms with E-state index in [-0.39, 0.29) is 0 Å². The summed E-state index contributed by atoms with van der Waals surface area (Å²) in [5.74, 6) is 0. The number of hydrogen-bond donors (Lipinski definition) is 0. The lowest BCUT2D eigenvalue weighted by molar-refractivity contribution is 0.238. The molecule has 194 valence electrons. The maximum atomic E-state index is 5.94. The molecule has 0 aromatic rings. The zero-order chi connectivity index (χ0) is 23.6. The van der Waals surface area contributed by atoms with Crippen LogP contribution in [-0.2, 0) is 8.85 Å². The quantitative estimate of drug-likeness (QED) is 0.0877. The predicted octanol–water partition coefficient (Wildman–Crippen LogP) is 10.7. The molecule has 0 fully saturated rings. The molecule has 0 rings (SSSR count). The first-order chi connectivity index (χ1) is 15.7. The summed E-state index contributed by atoms with van der Waals surface area (Å²) in [6.07, 6.45) is 32.5. The molecular formula is C29H62O2Si. The van der Waals surface area contributed by atoms with Crippen LogP contribution in [-0.4, -0.2) is 22.8 Å². The van der Waals surface area contributed by atoms with Crippen LogP contribution in [0.5, 0.6) is 0 Å². The SMILES string of the molecule is CCCCCCCCCCCCCCCCCCCC[Si](CCCCCCC)(OC)OC. The summed E-state index contributed by atoms with van der Waals surface area (Å²) >= 11 is 0. The lowest BCUT2D eigenvalue weighted by atomic mass is 10.0. The molecule has 0 heterocycles. The summed E-state index contributed by atoms with van der Waals surface area (Å²) in [5.41, 5.74) is 0. The van der Waals surface area contributed by atoms with E-state index in [2.05, 4.69) is 13.8 Å². The van der Waals surface area contributed by atoms with Crippen LogP contribution in [0.3, 0.4) is 0 Å². The van der Waals surface area contributed by atoms with E-state index in [1.54, 1.807) is 0 Å². The molecule has 0 radical (unpaired) electrons. The van der Waals surface area contributed by atoms with Crippen molar-refractivity contribution in [1.29, 1.82) is 0 Å². The first-order valence-corrected chi connectivity index (χ1v) is 17.1. The first kappa shape index (κ1) is 32.1. The van der Waals surface area contributed by atoms with Crippen LogP contribution in [0.15, 0.2) is 0 Å². The summed E-state index contributed by atoms with van der Waals surface area (Å²) < 4.78 is 11.9. The fraction of sp³-hybridized carbons (Fsp3) is 1.00.